The van der Waals surface area contributed by atoms with Crippen molar-refractivity contribution in [1.29, 1.82) is 0 Å². The van der Waals surface area contributed by atoms with E-state index in [9.17, 15) is 19.2 Å². The highest BCUT2D eigenvalue weighted by Crippen LogP contribution is 2.07. The molecular formula is C17H32N4O5S. The van der Waals surface area contributed by atoms with Gasteiger partial charge in [-0.25, -0.2) is 0 Å². The second-order valence-electron chi connectivity index (χ2n) is 6.88. The monoisotopic (exact) mass is 404 g/mol. The van der Waals surface area contributed by atoms with Crippen LogP contribution in [0.25, 0.3) is 0 Å². The minimum Gasteiger partial charge on any atom is -0.480 e. The summed E-state index contributed by atoms with van der Waals surface area (Å²) in [6, 6.07) is -3.56. The van der Waals surface area contributed by atoms with Gasteiger partial charge >= 0.3 is 5.97 Å². The summed E-state index contributed by atoms with van der Waals surface area (Å²) in [6.45, 7) is 6.59. The lowest BCUT2D eigenvalue weighted by atomic mass is 10.0. The quantitative estimate of drug-likeness (QED) is 0.299. The van der Waals surface area contributed by atoms with Crippen LogP contribution in [0.1, 0.15) is 40.5 Å². The standard InChI is InChI=1S/C17H32N4O5S/c1-9(2)8-13(21-15(23)12(18)6-7-27-5)16(24)19-10(3)14(22)20-11(4)17(25)26/h9-13H,6-8,18H2,1-5H3,(H,19,24)(H,20,22)(H,21,23)(H,25,26). The number of hydrogen-bond donors (Lipinski definition) is 5. The lowest BCUT2D eigenvalue weighted by Crippen LogP contribution is -2.56. The van der Waals surface area contributed by atoms with Crippen molar-refractivity contribution in [3.63, 3.8) is 0 Å². The number of thioether (sulfide) groups is 1. The summed E-state index contributed by atoms with van der Waals surface area (Å²) in [5, 5.41) is 16.3. The molecule has 156 valence electrons. The molecule has 10 heteroatoms. The van der Waals surface area contributed by atoms with Gasteiger partial charge < -0.3 is 26.8 Å². The Bertz CT molecular complexity index is 529. The largest absolute Gasteiger partial charge is 0.480 e. The molecule has 4 unspecified atom stereocenters. The molecule has 0 aliphatic rings. The molecule has 0 saturated carbocycles. The van der Waals surface area contributed by atoms with Gasteiger partial charge in [-0.2, -0.15) is 11.8 Å². The number of carboxylic acids is 1. The van der Waals surface area contributed by atoms with Gasteiger partial charge in [-0.1, -0.05) is 13.8 Å². The second kappa shape index (κ2) is 12.6. The highest BCUT2D eigenvalue weighted by Gasteiger charge is 2.27. The minimum absolute atomic E-state index is 0.125. The third-order valence-electron chi connectivity index (χ3n) is 3.79. The first kappa shape index (κ1) is 25.2. The van der Waals surface area contributed by atoms with E-state index in [-0.39, 0.29) is 5.92 Å². The van der Waals surface area contributed by atoms with Gasteiger partial charge in [0, 0.05) is 0 Å². The Morgan fingerprint density at radius 1 is 0.926 bits per heavy atom. The highest BCUT2D eigenvalue weighted by molar-refractivity contribution is 7.98. The fourth-order valence-corrected chi connectivity index (χ4v) is 2.63. The summed E-state index contributed by atoms with van der Waals surface area (Å²) in [6.07, 6.45) is 2.79. The molecule has 6 N–H and O–H groups in total. The Hall–Kier alpha value is -1.81. The second-order valence-corrected chi connectivity index (χ2v) is 7.86. The summed E-state index contributed by atoms with van der Waals surface area (Å²) in [5.41, 5.74) is 5.84. The first-order valence-electron chi connectivity index (χ1n) is 8.88. The zero-order valence-electron chi connectivity index (χ0n) is 16.6. The van der Waals surface area contributed by atoms with Gasteiger partial charge in [0.15, 0.2) is 0 Å². The summed E-state index contributed by atoms with van der Waals surface area (Å²) in [4.78, 5) is 47.5. The molecule has 0 aliphatic heterocycles. The van der Waals surface area contributed by atoms with E-state index in [1.807, 2.05) is 20.1 Å². The molecule has 0 fully saturated rings. The minimum atomic E-state index is -1.17. The molecule has 0 rings (SSSR count). The molecule has 0 aromatic carbocycles. The first-order chi connectivity index (χ1) is 12.5. The SMILES string of the molecule is CSCCC(N)C(=O)NC(CC(C)C)C(=O)NC(C)C(=O)NC(C)C(=O)O. The van der Waals surface area contributed by atoms with Gasteiger partial charge in [0.2, 0.25) is 17.7 Å². The van der Waals surface area contributed by atoms with Gasteiger partial charge in [-0.05, 0) is 44.6 Å². The van der Waals surface area contributed by atoms with Gasteiger partial charge in [-0.15, -0.1) is 0 Å². The Morgan fingerprint density at radius 3 is 1.96 bits per heavy atom. The first-order valence-corrected chi connectivity index (χ1v) is 10.3. The van der Waals surface area contributed by atoms with Crippen LogP contribution >= 0.6 is 11.8 Å². The summed E-state index contributed by atoms with van der Waals surface area (Å²) < 4.78 is 0. The average molecular weight is 405 g/mol. The number of amides is 3. The van der Waals surface area contributed by atoms with Gasteiger partial charge in [-0.3, -0.25) is 19.2 Å². The number of carbonyl (C=O) groups excluding carboxylic acids is 3. The van der Waals surface area contributed by atoms with Crippen LogP contribution < -0.4 is 21.7 Å². The number of aliphatic carboxylic acids is 1. The van der Waals surface area contributed by atoms with E-state index in [1.54, 1.807) is 11.8 Å². The topological polar surface area (TPSA) is 151 Å². The smallest absolute Gasteiger partial charge is 0.325 e. The van der Waals surface area contributed by atoms with Crippen LogP contribution in [0.3, 0.4) is 0 Å². The van der Waals surface area contributed by atoms with Crippen molar-refractivity contribution in [3.8, 4) is 0 Å². The van der Waals surface area contributed by atoms with Crippen LogP contribution in [0.2, 0.25) is 0 Å². The molecule has 9 nitrogen and oxygen atoms in total. The zero-order chi connectivity index (χ0) is 21.1. The number of nitrogens with one attached hydrogen (secondary N) is 3. The van der Waals surface area contributed by atoms with Crippen molar-refractivity contribution in [2.24, 2.45) is 11.7 Å². The summed E-state index contributed by atoms with van der Waals surface area (Å²) in [7, 11) is 0. The van der Waals surface area contributed by atoms with Gasteiger partial charge in [0.05, 0.1) is 6.04 Å². The molecule has 0 heterocycles. The van der Waals surface area contributed by atoms with Crippen molar-refractivity contribution in [2.75, 3.05) is 12.0 Å². The summed E-state index contributed by atoms with van der Waals surface area (Å²) >= 11 is 1.58. The molecule has 0 aromatic rings. The third kappa shape index (κ3) is 10.2. The third-order valence-corrected chi connectivity index (χ3v) is 4.44. The maximum Gasteiger partial charge on any atom is 0.325 e. The van der Waals surface area contributed by atoms with Crippen molar-refractivity contribution in [1.82, 2.24) is 16.0 Å². The Morgan fingerprint density at radius 2 is 1.48 bits per heavy atom. The number of carbonyl (C=O) groups is 4. The van der Waals surface area contributed by atoms with E-state index < -0.39 is 47.9 Å². The fourth-order valence-electron chi connectivity index (χ4n) is 2.14. The molecule has 0 bridgehead atoms. The van der Waals surface area contributed by atoms with E-state index in [1.165, 1.54) is 13.8 Å². The van der Waals surface area contributed by atoms with Crippen LogP contribution in [-0.2, 0) is 19.2 Å². The van der Waals surface area contributed by atoms with Crippen LogP contribution in [0.4, 0.5) is 0 Å². The average Bonchev–Trinajstić information content (AvgIpc) is 2.57. The highest BCUT2D eigenvalue weighted by atomic mass is 32.2. The Labute approximate surface area is 164 Å². The molecule has 0 aliphatic carbocycles. The molecule has 27 heavy (non-hydrogen) atoms. The van der Waals surface area contributed by atoms with E-state index in [4.69, 9.17) is 10.8 Å². The van der Waals surface area contributed by atoms with Crippen LogP contribution in [0.15, 0.2) is 0 Å². The lowest BCUT2D eigenvalue weighted by Gasteiger charge is -2.24. The number of rotatable bonds is 12. The molecule has 0 spiro atoms. The van der Waals surface area contributed by atoms with Crippen molar-refractivity contribution >= 4 is 35.5 Å². The van der Waals surface area contributed by atoms with Crippen LogP contribution in [0, 0.1) is 5.92 Å². The zero-order valence-corrected chi connectivity index (χ0v) is 17.4. The van der Waals surface area contributed by atoms with Crippen LogP contribution in [0.5, 0.6) is 0 Å². The molecular weight excluding hydrogens is 372 g/mol. The number of hydrogen-bond acceptors (Lipinski definition) is 6. The predicted molar refractivity (Wildman–Crippen MR) is 105 cm³/mol. The van der Waals surface area contributed by atoms with E-state index in [0.717, 1.165) is 5.75 Å². The van der Waals surface area contributed by atoms with E-state index >= 15 is 0 Å². The van der Waals surface area contributed by atoms with Crippen molar-refractivity contribution in [3.05, 3.63) is 0 Å². The van der Waals surface area contributed by atoms with E-state index in [0.29, 0.717) is 12.8 Å². The molecule has 4 atom stereocenters. The maximum absolute atomic E-state index is 12.5. The van der Waals surface area contributed by atoms with Crippen molar-refractivity contribution < 1.29 is 24.3 Å². The van der Waals surface area contributed by atoms with E-state index in [2.05, 4.69) is 16.0 Å². The molecule has 3 amide bonds. The number of carboxylic acid groups (broad SMARTS) is 1. The normalized spacial score (nSPS) is 15.4. The van der Waals surface area contributed by atoms with Gasteiger partial charge in [0.25, 0.3) is 0 Å². The molecule has 0 saturated heterocycles. The predicted octanol–water partition coefficient (Wildman–Crippen LogP) is -0.308. The van der Waals surface area contributed by atoms with Crippen LogP contribution in [-0.4, -0.2) is 65.0 Å². The Kier molecular flexibility index (Phi) is 11.7. The summed E-state index contributed by atoms with van der Waals surface area (Å²) in [5.74, 6) is -1.87. The Balaban J connectivity index is 4.88. The van der Waals surface area contributed by atoms with Gasteiger partial charge in [0.1, 0.15) is 18.1 Å². The van der Waals surface area contributed by atoms with Crippen molar-refractivity contribution in [2.45, 2.75) is 64.7 Å². The molecule has 0 radical (unpaired) electrons. The lowest BCUT2D eigenvalue weighted by molar-refractivity contribution is -0.141. The number of nitrogens with two attached hydrogens (primary N) is 1. The fraction of sp³-hybridized carbons (Fsp3) is 0.765. The maximum atomic E-state index is 12.5. The molecule has 0 aromatic heterocycles.